The van der Waals surface area contributed by atoms with Gasteiger partial charge in [0.1, 0.15) is 0 Å². The van der Waals surface area contributed by atoms with Gasteiger partial charge in [0.25, 0.3) is 0 Å². The molecule has 3 rings (SSSR count). The van der Waals surface area contributed by atoms with Crippen LogP contribution < -0.4 is 0 Å². The van der Waals surface area contributed by atoms with E-state index in [1.165, 1.54) is 42.4 Å². The molecule has 0 fully saturated rings. The predicted molar refractivity (Wildman–Crippen MR) is 85.0 cm³/mol. The molecule has 2 aliphatic rings. The van der Waals surface area contributed by atoms with Crippen LogP contribution in [0, 0.1) is 0 Å². The van der Waals surface area contributed by atoms with Crippen LogP contribution in [0.1, 0.15) is 66.7 Å². The predicted octanol–water partition coefficient (Wildman–Crippen LogP) is 4.57. The average molecular weight is 268 g/mol. The van der Waals surface area contributed by atoms with Crippen molar-refractivity contribution in [2.24, 2.45) is 0 Å². The van der Waals surface area contributed by atoms with Crippen LogP contribution in [-0.2, 0) is 6.42 Å². The van der Waals surface area contributed by atoms with Crippen molar-refractivity contribution in [3.63, 3.8) is 0 Å². The molecule has 1 aromatic carbocycles. The summed E-state index contributed by atoms with van der Waals surface area (Å²) in [6.45, 7) is 6.45. The lowest BCUT2D eigenvalue weighted by atomic mass is 9.83. The number of benzene rings is 1. The number of aryl methyl sites for hydroxylation is 1. The van der Waals surface area contributed by atoms with Gasteiger partial charge >= 0.3 is 0 Å². The van der Waals surface area contributed by atoms with E-state index in [4.69, 9.17) is 0 Å². The monoisotopic (exact) mass is 268 g/mol. The zero-order valence-electron chi connectivity index (χ0n) is 12.4. The number of aliphatic hydroxyl groups excluding tert-OH is 1. The van der Waals surface area contributed by atoms with Crippen LogP contribution >= 0.6 is 0 Å². The van der Waals surface area contributed by atoms with Crippen molar-refractivity contribution in [2.45, 2.75) is 50.9 Å². The minimum atomic E-state index is 0.222. The zero-order valence-corrected chi connectivity index (χ0v) is 12.4. The summed E-state index contributed by atoms with van der Waals surface area (Å²) in [5, 5.41) is 9.31. The van der Waals surface area contributed by atoms with Gasteiger partial charge in [-0.05, 0) is 72.8 Å². The Balaban J connectivity index is 2.18. The van der Waals surface area contributed by atoms with Crippen LogP contribution in [0.2, 0.25) is 0 Å². The standard InChI is InChI=1S/C19H24O/c1-3-14(11-12-20)17-10-9-16-8-7-15-6-4-5-13(2)18(17)19(15)16/h3,5,9-10,14-15,20H,1,4,6-8,11-12H2,2H3/t14-,15-/m0/s1. The first-order valence-electron chi connectivity index (χ1n) is 7.82. The smallest absolute Gasteiger partial charge is 0.0439 e. The second-order valence-electron chi connectivity index (χ2n) is 6.16. The summed E-state index contributed by atoms with van der Waals surface area (Å²) in [5.74, 6) is 1.01. The van der Waals surface area contributed by atoms with E-state index < -0.39 is 0 Å². The van der Waals surface area contributed by atoms with Crippen molar-refractivity contribution in [2.75, 3.05) is 6.61 Å². The van der Waals surface area contributed by atoms with Gasteiger partial charge in [-0.2, -0.15) is 0 Å². The summed E-state index contributed by atoms with van der Waals surface area (Å²) in [6, 6.07) is 4.60. The molecule has 2 aliphatic carbocycles. The molecule has 20 heavy (non-hydrogen) atoms. The molecule has 1 aromatic rings. The van der Waals surface area contributed by atoms with Crippen LogP contribution in [0.25, 0.3) is 5.57 Å². The van der Waals surface area contributed by atoms with E-state index in [9.17, 15) is 5.11 Å². The summed E-state index contributed by atoms with van der Waals surface area (Å²) in [5.41, 5.74) is 7.43. The lowest BCUT2D eigenvalue weighted by molar-refractivity contribution is 0.282. The number of rotatable bonds is 4. The summed E-state index contributed by atoms with van der Waals surface area (Å²) in [7, 11) is 0. The van der Waals surface area contributed by atoms with E-state index in [-0.39, 0.29) is 12.5 Å². The molecule has 0 aromatic heterocycles. The molecule has 1 N–H and O–H groups in total. The van der Waals surface area contributed by atoms with Crippen LogP contribution in [0.4, 0.5) is 0 Å². The van der Waals surface area contributed by atoms with Gasteiger partial charge in [0, 0.05) is 12.5 Å². The van der Waals surface area contributed by atoms with E-state index >= 15 is 0 Å². The number of allylic oxidation sites excluding steroid dienone is 3. The molecule has 0 amide bonds. The van der Waals surface area contributed by atoms with Gasteiger partial charge in [0.05, 0.1) is 0 Å². The van der Waals surface area contributed by atoms with Crippen molar-refractivity contribution < 1.29 is 5.11 Å². The maximum absolute atomic E-state index is 9.31. The zero-order chi connectivity index (χ0) is 14.1. The molecule has 0 bridgehead atoms. The van der Waals surface area contributed by atoms with E-state index in [0.717, 1.165) is 12.3 Å². The molecule has 1 nitrogen and oxygen atoms in total. The van der Waals surface area contributed by atoms with Crippen LogP contribution in [0.15, 0.2) is 30.9 Å². The number of hydrogen-bond acceptors (Lipinski definition) is 1. The van der Waals surface area contributed by atoms with Gasteiger partial charge in [-0.15, -0.1) is 6.58 Å². The second-order valence-corrected chi connectivity index (χ2v) is 6.16. The third-order valence-corrected chi connectivity index (χ3v) is 5.02. The fraction of sp³-hybridized carbons (Fsp3) is 0.474. The molecule has 106 valence electrons. The molecule has 0 unspecified atom stereocenters. The molecule has 2 atom stereocenters. The third-order valence-electron chi connectivity index (χ3n) is 5.02. The molecule has 0 saturated heterocycles. The fourth-order valence-corrected chi connectivity index (χ4v) is 4.02. The van der Waals surface area contributed by atoms with Crippen molar-refractivity contribution in [1.82, 2.24) is 0 Å². The maximum atomic E-state index is 9.31. The van der Waals surface area contributed by atoms with Gasteiger partial charge in [0.15, 0.2) is 0 Å². The SMILES string of the molecule is C=C[C@@H](CCO)c1ccc2c3c1C(C)=CCC[C@H]3CC2. The highest BCUT2D eigenvalue weighted by Gasteiger charge is 2.29. The minimum Gasteiger partial charge on any atom is -0.396 e. The first-order chi connectivity index (χ1) is 9.76. The highest BCUT2D eigenvalue weighted by atomic mass is 16.3. The highest BCUT2D eigenvalue weighted by Crippen LogP contribution is 2.46. The Hall–Kier alpha value is -1.34. The molecule has 0 spiro atoms. The fourth-order valence-electron chi connectivity index (χ4n) is 4.02. The van der Waals surface area contributed by atoms with Gasteiger partial charge in [-0.25, -0.2) is 0 Å². The normalized spacial score (nSPS) is 21.9. The lowest BCUT2D eigenvalue weighted by Gasteiger charge is -2.22. The van der Waals surface area contributed by atoms with Crippen molar-refractivity contribution in [1.29, 1.82) is 0 Å². The topological polar surface area (TPSA) is 20.2 Å². The highest BCUT2D eigenvalue weighted by molar-refractivity contribution is 5.73. The molecular weight excluding hydrogens is 244 g/mol. The molecule has 0 radical (unpaired) electrons. The van der Waals surface area contributed by atoms with E-state index in [0.29, 0.717) is 0 Å². The minimum absolute atomic E-state index is 0.222. The Morgan fingerprint density at radius 3 is 3.00 bits per heavy atom. The summed E-state index contributed by atoms with van der Waals surface area (Å²) in [4.78, 5) is 0. The van der Waals surface area contributed by atoms with Gasteiger partial charge in [-0.1, -0.05) is 24.3 Å². The number of aliphatic hydroxyl groups is 1. The van der Waals surface area contributed by atoms with Crippen LogP contribution in [0.3, 0.4) is 0 Å². The van der Waals surface area contributed by atoms with Gasteiger partial charge in [0.2, 0.25) is 0 Å². The number of hydrogen-bond donors (Lipinski definition) is 1. The second kappa shape index (κ2) is 5.57. The van der Waals surface area contributed by atoms with Gasteiger partial charge < -0.3 is 5.11 Å². The van der Waals surface area contributed by atoms with E-state index in [1.54, 1.807) is 11.1 Å². The third kappa shape index (κ3) is 2.14. The first-order valence-corrected chi connectivity index (χ1v) is 7.82. The summed E-state index contributed by atoms with van der Waals surface area (Å²) < 4.78 is 0. The molecular formula is C19H24O. The summed E-state index contributed by atoms with van der Waals surface area (Å²) >= 11 is 0. The van der Waals surface area contributed by atoms with Crippen molar-refractivity contribution in [3.05, 3.63) is 53.1 Å². The summed E-state index contributed by atoms with van der Waals surface area (Å²) in [6.07, 6.45) is 10.2. The van der Waals surface area contributed by atoms with Crippen molar-refractivity contribution >= 4 is 5.57 Å². The van der Waals surface area contributed by atoms with Gasteiger partial charge in [-0.3, -0.25) is 0 Å². The maximum Gasteiger partial charge on any atom is 0.0439 e. The first kappa shape index (κ1) is 13.6. The largest absolute Gasteiger partial charge is 0.396 e. The van der Waals surface area contributed by atoms with Crippen molar-refractivity contribution in [3.8, 4) is 0 Å². The Morgan fingerprint density at radius 2 is 2.25 bits per heavy atom. The van der Waals surface area contributed by atoms with E-state index in [1.807, 2.05) is 6.08 Å². The Kier molecular flexibility index (Phi) is 3.80. The lowest BCUT2D eigenvalue weighted by Crippen LogP contribution is -2.06. The Bertz CT molecular complexity index is 553. The average Bonchev–Trinajstić information content (AvgIpc) is 2.79. The van der Waals surface area contributed by atoms with Crippen LogP contribution in [0.5, 0.6) is 0 Å². The van der Waals surface area contributed by atoms with E-state index in [2.05, 4.69) is 31.7 Å². The molecule has 0 heterocycles. The molecule has 0 aliphatic heterocycles. The molecule has 1 heteroatoms. The Morgan fingerprint density at radius 1 is 1.40 bits per heavy atom. The Labute approximate surface area is 122 Å². The molecule has 0 saturated carbocycles. The quantitative estimate of drug-likeness (QED) is 0.793. The van der Waals surface area contributed by atoms with Crippen LogP contribution in [-0.4, -0.2) is 11.7 Å².